The van der Waals surface area contributed by atoms with E-state index >= 15 is 0 Å². The number of rotatable bonds is 7. The van der Waals surface area contributed by atoms with Crippen LogP contribution in [0.5, 0.6) is 5.75 Å². The Labute approximate surface area is 161 Å². The predicted octanol–water partition coefficient (Wildman–Crippen LogP) is 3.92. The van der Waals surface area contributed by atoms with Crippen LogP contribution in [0.3, 0.4) is 0 Å². The van der Waals surface area contributed by atoms with Gasteiger partial charge in [-0.05, 0) is 37.3 Å². The van der Waals surface area contributed by atoms with Gasteiger partial charge in [0.05, 0.1) is 17.3 Å². The number of nitrogens with zero attached hydrogens (tertiary/aromatic N) is 2. The highest BCUT2D eigenvalue weighted by molar-refractivity contribution is 7.22. The van der Waals surface area contributed by atoms with Crippen LogP contribution in [-0.4, -0.2) is 30.3 Å². The lowest BCUT2D eigenvalue weighted by Gasteiger charge is -2.10. The summed E-state index contributed by atoms with van der Waals surface area (Å²) in [7, 11) is 1.63. The lowest BCUT2D eigenvalue weighted by atomic mass is 10.2. The molecule has 3 rings (SSSR count). The first kappa shape index (κ1) is 18.6. The number of benzene rings is 2. The van der Waals surface area contributed by atoms with E-state index in [-0.39, 0.29) is 5.91 Å². The third-order valence-corrected chi connectivity index (χ3v) is 4.74. The number of carbonyl (C=O) groups is 1. The number of methoxy groups -OCH3 is 1. The average molecular weight is 380 g/mol. The van der Waals surface area contributed by atoms with Gasteiger partial charge >= 0.3 is 0 Å². The van der Waals surface area contributed by atoms with E-state index in [1.807, 2.05) is 54.6 Å². The predicted molar refractivity (Wildman–Crippen MR) is 111 cm³/mol. The summed E-state index contributed by atoms with van der Waals surface area (Å²) in [6.45, 7) is 1.77. The number of allylic oxidation sites excluding steroid dienone is 1. The Morgan fingerprint density at radius 2 is 2.00 bits per heavy atom. The van der Waals surface area contributed by atoms with Crippen molar-refractivity contribution in [2.75, 3.05) is 12.4 Å². The summed E-state index contributed by atoms with van der Waals surface area (Å²) in [6.07, 6.45) is 5.12. The van der Waals surface area contributed by atoms with Crippen molar-refractivity contribution in [2.45, 2.75) is 13.0 Å². The van der Waals surface area contributed by atoms with Crippen LogP contribution < -0.4 is 15.5 Å². The first-order chi connectivity index (χ1) is 13.2. The molecular formula is C20H20N4O2S. The maximum atomic E-state index is 12.1. The summed E-state index contributed by atoms with van der Waals surface area (Å²) in [6, 6.07) is 15.0. The number of thiazole rings is 1. The molecule has 1 atom stereocenters. The summed E-state index contributed by atoms with van der Waals surface area (Å²) >= 11 is 1.51. The van der Waals surface area contributed by atoms with Crippen LogP contribution in [0.2, 0.25) is 0 Å². The van der Waals surface area contributed by atoms with Crippen LogP contribution in [0.15, 0.2) is 59.7 Å². The number of hydrogen-bond acceptors (Lipinski definition) is 6. The van der Waals surface area contributed by atoms with Gasteiger partial charge in [0.15, 0.2) is 5.13 Å². The number of hydrazone groups is 1. The van der Waals surface area contributed by atoms with Crippen molar-refractivity contribution in [3.8, 4) is 5.75 Å². The summed E-state index contributed by atoms with van der Waals surface area (Å²) in [5.74, 6) is 0.538. The van der Waals surface area contributed by atoms with Gasteiger partial charge in [0.1, 0.15) is 11.8 Å². The molecule has 1 heterocycles. The standard InChI is InChI=1S/C20H20N4O2S/c1-14(22-20-23-16-10-4-6-12-18(16)27-20)19(25)24-21-13-7-9-15-8-3-5-11-17(15)26-2/h3-14H,1-2H3,(H,22,23)(H,24,25)/b9-7+,21-13-/t14-/m0/s1. The molecule has 3 aromatic rings. The number of fused-ring (bicyclic) bond motifs is 1. The van der Waals surface area contributed by atoms with E-state index in [0.29, 0.717) is 5.13 Å². The quantitative estimate of drug-likeness (QED) is 0.481. The Kier molecular flexibility index (Phi) is 6.17. The van der Waals surface area contributed by atoms with Crippen molar-refractivity contribution < 1.29 is 9.53 Å². The molecule has 0 fully saturated rings. The van der Waals surface area contributed by atoms with E-state index in [9.17, 15) is 4.79 Å². The monoisotopic (exact) mass is 380 g/mol. The second kappa shape index (κ2) is 8.95. The number of nitrogens with one attached hydrogen (secondary N) is 2. The highest BCUT2D eigenvalue weighted by Crippen LogP contribution is 2.25. The molecule has 0 aliphatic heterocycles. The van der Waals surface area contributed by atoms with Gasteiger partial charge in [-0.3, -0.25) is 4.79 Å². The van der Waals surface area contributed by atoms with E-state index < -0.39 is 6.04 Å². The van der Waals surface area contributed by atoms with Crippen molar-refractivity contribution in [3.63, 3.8) is 0 Å². The maximum Gasteiger partial charge on any atom is 0.262 e. The Hall–Kier alpha value is -3.19. The third kappa shape index (κ3) is 4.92. The van der Waals surface area contributed by atoms with Crippen LogP contribution in [0, 0.1) is 0 Å². The van der Waals surface area contributed by atoms with Crippen molar-refractivity contribution in [1.29, 1.82) is 0 Å². The SMILES string of the molecule is COc1ccccc1/C=C/C=N\NC(=O)[C@H](C)Nc1nc2ccccc2s1. The topological polar surface area (TPSA) is 75.6 Å². The van der Waals surface area contributed by atoms with E-state index in [1.165, 1.54) is 17.6 Å². The number of ether oxygens (including phenoxy) is 1. The fourth-order valence-electron chi connectivity index (χ4n) is 2.38. The van der Waals surface area contributed by atoms with E-state index in [2.05, 4.69) is 20.8 Å². The molecule has 0 aliphatic carbocycles. The van der Waals surface area contributed by atoms with Gasteiger partial charge in [0.25, 0.3) is 5.91 Å². The molecule has 0 aliphatic rings. The molecule has 0 bridgehead atoms. The zero-order valence-corrected chi connectivity index (χ0v) is 15.9. The van der Waals surface area contributed by atoms with Gasteiger partial charge in [-0.25, -0.2) is 10.4 Å². The number of carbonyl (C=O) groups excluding carboxylic acids is 1. The van der Waals surface area contributed by atoms with Gasteiger partial charge in [-0.1, -0.05) is 41.7 Å². The second-order valence-corrected chi connectivity index (χ2v) is 6.74. The van der Waals surface area contributed by atoms with Crippen LogP contribution >= 0.6 is 11.3 Å². The molecule has 6 nitrogen and oxygen atoms in total. The minimum absolute atomic E-state index is 0.240. The Balaban J connectivity index is 1.52. The zero-order valence-electron chi connectivity index (χ0n) is 15.0. The smallest absolute Gasteiger partial charge is 0.262 e. The third-order valence-electron chi connectivity index (χ3n) is 3.78. The van der Waals surface area contributed by atoms with Gasteiger partial charge in [0.2, 0.25) is 0 Å². The summed E-state index contributed by atoms with van der Waals surface area (Å²) < 4.78 is 6.35. The van der Waals surface area contributed by atoms with Crippen LogP contribution in [0.4, 0.5) is 5.13 Å². The molecule has 0 saturated heterocycles. The summed E-state index contributed by atoms with van der Waals surface area (Å²) in [5, 5.41) is 7.75. The number of aromatic nitrogens is 1. The maximum absolute atomic E-state index is 12.1. The molecule has 1 aromatic heterocycles. The largest absolute Gasteiger partial charge is 0.496 e. The fourth-order valence-corrected chi connectivity index (χ4v) is 3.33. The van der Waals surface area contributed by atoms with Gasteiger partial charge in [-0.15, -0.1) is 0 Å². The summed E-state index contributed by atoms with van der Waals surface area (Å²) in [4.78, 5) is 16.6. The second-order valence-electron chi connectivity index (χ2n) is 5.71. The van der Waals surface area contributed by atoms with Gasteiger partial charge < -0.3 is 10.1 Å². The van der Waals surface area contributed by atoms with E-state index in [4.69, 9.17) is 4.74 Å². The molecule has 7 heteroatoms. The first-order valence-electron chi connectivity index (χ1n) is 8.42. The number of anilines is 1. The molecule has 0 saturated carbocycles. The number of amides is 1. The Bertz CT molecular complexity index is 948. The van der Waals surface area contributed by atoms with Crippen molar-refractivity contribution in [1.82, 2.24) is 10.4 Å². The van der Waals surface area contributed by atoms with E-state index in [0.717, 1.165) is 21.5 Å². The van der Waals surface area contributed by atoms with Crippen LogP contribution in [0.25, 0.3) is 16.3 Å². The molecule has 0 spiro atoms. The highest BCUT2D eigenvalue weighted by Gasteiger charge is 2.13. The normalized spacial score (nSPS) is 12.5. The lowest BCUT2D eigenvalue weighted by molar-refractivity contribution is -0.121. The van der Waals surface area contributed by atoms with E-state index in [1.54, 1.807) is 20.1 Å². The Morgan fingerprint density at radius 3 is 2.81 bits per heavy atom. The molecule has 2 aromatic carbocycles. The van der Waals surface area contributed by atoms with Gasteiger partial charge in [-0.2, -0.15) is 5.10 Å². The average Bonchev–Trinajstić information content (AvgIpc) is 3.10. The molecule has 0 unspecified atom stereocenters. The molecule has 0 radical (unpaired) electrons. The minimum Gasteiger partial charge on any atom is -0.496 e. The van der Waals surface area contributed by atoms with Crippen molar-refractivity contribution in [3.05, 3.63) is 60.2 Å². The highest BCUT2D eigenvalue weighted by atomic mass is 32.1. The van der Waals surface area contributed by atoms with Gasteiger partial charge in [0, 0.05) is 11.8 Å². The lowest BCUT2D eigenvalue weighted by Crippen LogP contribution is -2.34. The number of hydrogen-bond donors (Lipinski definition) is 2. The molecule has 27 heavy (non-hydrogen) atoms. The van der Waals surface area contributed by atoms with Crippen molar-refractivity contribution >= 4 is 44.9 Å². The van der Waals surface area contributed by atoms with Crippen molar-refractivity contribution in [2.24, 2.45) is 5.10 Å². The van der Waals surface area contributed by atoms with Crippen LogP contribution in [-0.2, 0) is 4.79 Å². The summed E-state index contributed by atoms with van der Waals surface area (Å²) in [5.41, 5.74) is 4.36. The number of para-hydroxylation sites is 2. The minimum atomic E-state index is -0.457. The molecule has 2 N–H and O–H groups in total. The molecular weight excluding hydrogens is 360 g/mol. The van der Waals surface area contributed by atoms with Crippen LogP contribution in [0.1, 0.15) is 12.5 Å². The molecule has 138 valence electrons. The zero-order chi connectivity index (χ0) is 19.1. The fraction of sp³-hybridized carbons (Fsp3) is 0.150. The molecule has 1 amide bonds. The Morgan fingerprint density at radius 1 is 1.22 bits per heavy atom. The first-order valence-corrected chi connectivity index (χ1v) is 9.24.